The summed E-state index contributed by atoms with van der Waals surface area (Å²) in [6.07, 6.45) is 2.72. The predicted molar refractivity (Wildman–Crippen MR) is 86.3 cm³/mol. The molecule has 0 aromatic heterocycles. The number of rotatable bonds is 5. The van der Waals surface area contributed by atoms with E-state index in [0.29, 0.717) is 13.0 Å². The fraction of sp³-hybridized carbons (Fsp3) is 0.389. The van der Waals surface area contributed by atoms with Gasteiger partial charge in [0, 0.05) is 0 Å². The molecule has 0 spiro atoms. The second-order valence-corrected chi connectivity index (χ2v) is 6.05. The number of alkyl carbamates (subject to hydrolysis) is 1. The Morgan fingerprint density at radius 1 is 1.41 bits per heavy atom. The highest BCUT2D eigenvalue weighted by molar-refractivity contribution is 5.68. The Balaban J connectivity index is 1.96. The first-order chi connectivity index (χ1) is 10.5. The molecule has 0 unspecified atom stereocenters. The molecule has 0 saturated carbocycles. The molecule has 1 aliphatic heterocycles. The predicted octanol–water partition coefficient (Wildman–Crippen LogP) is 3.94. The van der Waals surface area contributed by atoms with Crippen molar-refractivity contribution in [2.75, 3.05) is 6.61 Å². The van der Waals surface area contributed by atoms with E-state index >= 15 is 0 Å². The summed E-state index contributed by atoms with van der Waals surface area (Å²) in [4.78, 5) is 12.1. The molecule has 1 N–H and O–H groups in total. The van der Waals surface area contributed by atoms with Crippen LogP contribution < -0.4 is 5.32 Å². The Morgan fingerprint density at radius 2 is 2.14 bits per heavy atom. The van der Waals surface area contributed by atoms with Crippen LogP contribution in [0.2, 0.25) is 0 Å². The number of benzene rings is 1. The molecule has 1 aliphatic rings. The number of carbonyl (C=O) groups excluding carboxylic acids is 1. The first-order valence-electron chi connectivity index (χ1n) is 7.40. The first kappa shape index (κ1) is 16.1. The van der Waals surface area contributed by atoms with E-state index in [4.69, 9.17) is 9.47 Å². The highest BCUT2D eigenvalue weighted by Crippen LogP contribution is 2.28. The average Bonchev–Trinajstić information content (AvgIpc) is 2.45. The summed E-state index contributed by atoms with van der Waals surface area (Å²) in [6.45, 7) is 8.58. The molecular weight excluding hydrogens is 278 g/mol. The SMILES string of the molecule is C=C(C)C[C@]1(NC(=O)OCc2ccccc2)COC=C(C)C1. The van der Waals surface area contributed by atoms with Gasteiger partial charge >= 0.3 is 6.09 Å². The first-order valence-corrected chi connectivity index (χ1v) is 7.40. The lowest BCUT2D eigenvalue weighted by atomic mass is 9.85. The van der Waals surface area contributed by atoms with E-state index in [-0.39, 0.29) is 6.61 Å². The summed E-state index contributed by atoms with van der Waals surface area (Å²) >= 11 is 0. The number of hydrogen-bond donors (Lipinski definition) is 1. The van der Waals surface area contributed by atoms with Gasteiger partial charge in [-0.15, -0.1) is 6.58 Å². The average molecular weight is 301 g/mol. The zero-order valence-corrected chi connectivity index (χ0v) is 13.2. The van der Waals surface area contributed by atoms with E-state index in [1.54, 1.807) is 6.26 Å². The highest BCUT2D eigenvalue weighted by atomic mass is 16.5. The Bertz CT molecular complexity index is 565. The maximum Gasteiger partial charge on any atom is 0.408 e. The molecule has 22 heavy (non-hydrogen) atoms. The van der Waals surface area contributed by atoms with Crippen molar-refractivity contribution in [3.05, 3.63) is 59.9 Å². The molecule has 118 valence electrons. The third kappa shape index (κ3) is 4.65. The van der Waals surface area contributed by atoms with Gasteiger partial charge in [0.1, 0.15) is 13.2 Å². The van der Waals surface area contributed by atoms with Crippen LogP contribution in [-0.2, 0) is 16.1 Å². The normalized spacial score (nSPS) is 20.5. The largest absolute Gasteiger partial charge is 0.499 e. The van der Waals surface area contributed by atoms with Crippen LogP contribution in [0.4, 0.5) is 4.79 Å². The lowest BCUT2D eigenvalue weighted by Crippen LogP contribution is -2.53. The van der Waals surface area contributed by atoms with Gasteiger partial charge in [0.2, 0.25) is 0 Å². The van der Waals surface area contributed by atoms with Crippen molar-refractivity contribution in [2.45, 2.75) is 38.8 Å². The van der Waals surface area contributed by atoms with Crippen LogP contribution in [0, 0.1) is 0 Å². The van der Waals surface area contributed by atoms with Gasteiger partial charge in [-0.2, -0.15) is 0 Å². The van der Waals surface area contributed by atoms with Gasteiger partial charge in [-0.1, -0.05) is 35.9 Å². The van der Waals surface area contributed by atoms with Crippen molar-refractivity contribution in [2.24, 2.45) is 0 Å². The van der Waals surface area contributed by atoms with Gasteiger partial charge in [0.05, 0.1) is 11.8 Å². The van der Waals surface area contributed by atoms with Crippen molar-refractivity contribution < 1.29 is 14.3 Å². The molecule has 1 amide bonds. The summed E-state index contributed by atoms with van der Waals surface area (Å²) in [5.74, 6) is 0. The molecule has 4 heteroatoms. The molecule has 4 nitrogen and oxygen atoms in total. The number of amides is 1. The molecule has 1 aromatic rings. The van der Waals surface area contributed by atoms with Crippen LogP contribution in [-0.4, -0.2) is 18.2 Å². The minimum atomic E-state index is -0.474. The summed E-state index contributed by atoms with van der Waals surface area (Å²) in [7, 11) is 0. The van der Waals surface area contributed by atoms with E-state index in [1.807, 2.05) is 44.2 Å². The van der Waals surface area contributed by atoms with Crippen LogP contribution in [0.25, 0.3) is 0 Å². The molecule has 0 aliphatic carbocycles. The van der Waals surface area contributed by atoms with Crippen LogP contribution in [0.1, 0.15) is 32.3 Å². The Kier molecular flexibility index (Phi) is 5.26. The van der Waals surface area contributed by atoms with Crippen molar-refractivity contribution in [3.8, 4) is 0 Å². The topological polar surface area (TPSA) is 47.6 Å². The van der Waals surface area contributed by atoms with Crippen molar-refractivity contribution in [1.82, 2.24) is 5.32 Å². The molecule has 0 saturated heterocycles. The minimum absolute atomic E-state index is 0.255. The summed E-state index contributed by atoms with van der Waals surface area (Å²) in [6, 6.07) is 9.62. The molecule has 1 atom stereocenters. The summed E-state index contributed by atoms with van der Waals surface area (Å²) in [5, 5.41) is 2.98. The van der Waals surface area contributed by atoms with E-state index < -0.39 is 11.6 Å². The fourth-order valence-corrected chi connectivity index (χ4v) is 2.76. The number of ether oxygens (including phenoxy) is 2. The molecule has 0 radical (unpaired) electrons. The Morgan fingerprint density at radius 3 is 2.77 bits per heavy atom. The second kappa shape index (κ2) is 7.16. The quantitative estimate of drug-likeness (QED) is 0.838. The third-order valence-electron chi connectivity index (χ3n) is 3.48. The van der Waals surface area contributed by atoms with Gasteiger partial charge in [0.15, 0.2) is 0 Å². The molecule has 1 heterocycles. The number of hydrogen-bond acceptors (Lipinski definition) is 3. The van der Waals surface area contributed by atoms with E-state index in [1.165, 1.54) is 0 Å². The summed E-state index contributed by atoms with van der Waals surface area (Å²) < 4.78 is 10.8. The smallest absolute Gasteiger partial charge is 0.408 e. The van der Waals surface area contributed by atoms with Gasteiger partial charge in [-0.3, -0.25) is 0 Å². The lowest BCUT2D eigenvalue weighted by molar-refractivity contribution is 0.0896. The van der Waals surface area contributed by atoms with E-state index in [9.17, 15) is 4.79 Å². The van der Waals surface area contributed by atoms with Crippen LogP contribution in [0.3, 0.4) is 0 Å². The van der Waals surface area contributed by atoms with Gasteiger partial charge in [-0.25, -0.2) is 4.79 Å². The van der Waals surface area contributed by atoms with Gasteiger partial charge in [-0.05, 0) is 37.8 Å². The molecule has 0 fully saturated rings. The highest BCUT2D eigenvalue weighted by Gasteiger charge is 2.35. The Labute approximate surface area is 131 Å². The van der Waals surface area contributed by atoms with Crippen molar-refractivity contribution in [3.63, 3.8) is 0 Å². The fourth-order valence-electron chi connectivity index (χ4n) is 2.76. The van der Waals surface area contributed by atoms with Crippen LogP contribution in [0.5, 0.6) is 0 Å². The minimum Gasteiger partial charge on any atom is -0.499 e. The van der Waals surface area contributed by atoms with Crippen molar-refractivity contribution in [1.29, 1.82) is 0 Å². The lowest BCUT2D eigenvalue weighted by Gasteiger charge is -2.37. The summed E-state index contributed by atoms with van der Waals surface area (Å²) in [5.41, 5.74) is 2.58. The van der Waals surface area contributed by atoms with Crippen LogP contribution >= 0.6 is 0 Å². The van der Waals surface area contributed by atoms with E-state index in [2.05, 4.69) is 11.9 Å². The van der Waals surface area contributed by atoms with Crippen LogP contribution in [0.15, 0.2) is 54.3 Å². The standard InChI is InChI=1S/C18H23NO3/c1-14(2)9-18(10-15(3)11-21-13-18)19-17(20)22-12-16-7-5-4-6-8-16/h4-8,11H,1,9-10,12-13H2,2-3H3,(H,19,20)/t18-/m1/s1. The van der Waals surface area contributed by atoms with Gasteiger partial charge < -0.3 is 14.8 Å². The second-order valence-electron chi connectivity index (χ2n) is 6.05. The van der Waals surface area contributed by atoms with Crippen molar-refractivity contribution >= 4 is 6.09 Å². The van der Waals surface area contributed by atoms with E-state index in [0.717, 1.165) is 23.1 Å². The number of nitrogens with one attached hydrogen (secondary N) is 1. The zero-order chi connectivity index (χ0) is 16.0. The monoisotopic (exact) mass is 301 g/mol. The molecule has 1 aromatic carbocycles. The maximum atomic E-state index is 12.1. The Hall–Kier alpha value is -2.23. The maximum absolute atomic E-state index is 12.1. The molecule has 0 bridgehead atoms. The zero-order valence-electron chi connectivity index (χ0n) is 13.2. The molecule has 2 rings (SSSR count). The number of carbonyl (C=O) groups is 1. The third-order valence-corrected chi connectivity index (χ3v) is 3.48. The van der Waals surface area contributed by atoms with Gasteiger partial charge in [0.25, 0.3) is 0 Å². The molecular formula is C18H23NO3.